The molecule has 0 radical (unpaired) electrons. The normalized spacial score (nSPS) is 10.1. The van der Waals surface area contributed by atoms with Gasteiger partial charge in [0.05, 0.1) is 12.4 Å². The van der Waals surface area contributed by atoms with Crippen molar-refractivity contribution in [2.24, 2.45) is 0 Å². The highest BCUT2D eigenvalue weighted by Crippen LogP contribution is 2.37. The van der Waals surface area contributed by atoms with Gasteiger partial charge in [-0.15, -0.1) is 6.58 Å². The van der Waals surface area contributed by atoms with Crippen molar-refractivity contribution >= 4 is 45.9 Å². The van der Waals surface area contributed by atoms with E-state index in [4.69, 9.17) is 4.74 Å². The first-order valence-electron chi connectivity index (χ1n) is 8.09. The van der Waals surface area contributed by atoms with Gasteiger partial charge in [-0.2, -0.15) is 0 Å². The molecule has 7 nitrogen and oxygen atoms in total. The lowest BCUT2D eigenvalue weighted by molar-refractivity contribution is -0.152. The number of carbonyl (C=O) groups excluding carboxylic acids is 3. The van der Waals surface area contributed by atoms with E-state index in [-0.39, 0.29) is 18.3 Å². The lowest BCUT2D eigenvalue weighted by Gasteiger charge is -2.04. The maximum Gasteiger partial charge on any atom is 0.397 e. The summed E-state index contributed by atoms with van der Waals surface area (Å²) < 4.78 is 5.31. The summed E-state index contributed by atoms with van der Waals surface area (Å²) in [5.41, 5.74) is 1.32. The largest absolute Gasteiger partial charge is 0.459 e. The second-order valence-electron chi connectivity index (χ2n) is 5.08. The maximum atomic E-state index is 12.0. The second kappa shape index (κ2) is 10.5. The second-order valence-corrected chi connectivity index (χ2v) is 7.30. The summed E-state index contributed by atoms with van der Waals surface area (Å²) in [5, 5.41) is 5.66. The van der Waals surface area contributed by atoms with Crippen molar-refractivity contribution in [3.8, 4) is 11.3 Å². The molecule has 2 N–H and O–H groups in total. The highest BCUT2D eigenvalue weighted by molar-refractivity contribution is 8.01. The van der Waals surface area contributed by atoms with Crippen LogP contribution < -0.4 is 10.6 Å². The fourth-order valence-electron chi connectivity index (χ4n) is 1.95. The molecule has 0 fully saturated rings. The quantitative estimate of drug-likeness (QED) is 0.303. The van der Waals surface area contributed by atoms with Crippen molar-refractivity contribution in [1.82, 2.24) is 10.3 Å². The summed E-state index contributed by atoms with van der Waals surface area (Å²) in [4.78, 5) is 39.8. The molecule has 0 atom stereocenters. The zero-order valence-electron chi connectivity index (χ0n) is 14.7. The standard InChI is InChI=1S/C18H19N3O4S2/c1-3-10-19-13(22)11-26-18-20-14(12-8-6-5-7-9-12)16(27-18)21-15(23)17(24)25-4-2/h3,5-9H,1,4,10-11H2,2H3,(H,19,22)(H,21,23). The van der Waals surface area contributed by atoms with Gasteiger partial charge in [-0.25, -0.2) is 9.78 Å². The molecule has 0 aliphatic rings. The minimum Gasteiger partial charge on any atom is -0.459 e. The highest BCUT2D eigenvalue weighted by atomic mass is 32.2. The van der Waals surface area contributed by atoms with Crippen molar-refractivity contribution in [2.45, 2.75) is 11.3 Å². The number of nitrogens with one attached hydrogen (secondary N) is 2. The molecule has 2 aromatic rings. The molecule has 2 rings (SSSR count). The van der Waals surface area contributed by atoms with Crippen LogP contribution in [0.15, 0.2) is 47.3 Å². The van der Waals surface area contributed by atoms with E-state index in [2.05, 4.69) is 22.2 Å². The lowest BCUT2D eigenvalue weighted by Crippen LogP contribution is -2.24. The first-order valence-corrected chi connectivity index (χ1v) is 9.90. The van der Waals surface area contributed by atoms with Gasteiger partial charge in [0.1, 0.15) is 10.7 Å². The van der Waals surface area contributed by atoms with Crippen LogP contribution >= 0.6 is 23.1 Å². The molecule has 0 aliphatic heterocycles. The van der Waals surface area contributed by atoms with Gasteiger partial charge in [0, 0.05) is 12.1 Å². The van der Waals surface area contributed by atoms with Gasteiger partial charge in [-0.05, 0) is 6.92 Å². The van der Waals surface area contributed by atoms with Crippen LogP contribution in [0.1, 0.15) is 6.92 Å². The van der Waals surface area contributed by atoms with Crippen LogP contribution in [0.4, 0.5) is 5.00 Å². The number of amides is 2. The number of hydrogen-bond acceptors (Lipinski definition) is 7. The Morgan fingerprint density at radius 2 is 2.04 bits per heavy atom. The Morgan fingerprint density at radius 3 is 2.70 bits per heavy atom. The van der Waals surface area contributed by atoms with E-state index in [1.54, 1.807) is 13.0 Å². The SMILES string of the molecule is C=CCNC(=O)CSc1nc(-c2ccccc2)c(NC(=O)C(=O)OCC)s1. The molecule has 1 aromatic heterocycles. The van der Waals surface area contributed by atoms with Crippen molar-refractivity contribution < 1.29 is 19.1 Å². The summed E-state index contributed by atoms with van der Waals surface area (Å²) >= 11 is 2.44. The van der Waals surface area contributed by atoms with Crippen LogP contribution in [0.25, 0.3) is 11.3 Å². The fraction of sp³-hybridized carbons (Fsp3) is 0.222. The molecule has 2 amide bonds. The van der Waals surface area contributed by atoms with Crippen LogP contribution in [-0.4, -0.2) is 41.7 Å². The fourth-order valence-corrected chi connectivity index (χ4v) is 3.84. The summed E-state index contributed by atoms with van der Waals surface area (Å²) in [5.74, 6) is -1.78. The Labute approximate surface area is 165 Å². The van der Waals surface area contributed by atoms with Crippen LogP contribution in [-0.2, 0) is 19.1 Å². The van der Waals surface area contributed by atoms with E-state index in [0.717, 1.165) is 5.56 Å². The van der Waals surface area contributed by atoms with Gasteiger partial charge >= 0.3 is 11.9 Å². The van der Waals surface area contributed by atoms with Gasteiger partial charge in [-0.3, -0.25) is 9.59 Å². The van der Waals surface area contributed by atoms with Crippen molar-refractivity contribution in [3.63, 3.8) is 0 Å². The van der Waals surface area contributed by atoms with Crippen LogP contribution in [0.5, 0.6) is 0 Å². The van der Waals surface area contributed by atoms with E-state index >= 15 is 0 Å². The third-order valence-electron chi connectivity index (χ3n) is 3.11. The first-order chi connectivity index (χ1) is 13.0. The smallest absolute Gasteiger partial charge is 0.397 e. The predicted molar refractivity (Wildman–Crippen MR) is 107 cm³/mol. The number of esters is 1. The Hall–Kier alpha value is -2.65. The van der Waals surface area contributed by atoms with E-state index in [1.165, 1.54) is 23.1 Å². The Bertz CT molecular complexity index is 821. The zero-order chi connectivity index (χ0) is 19.6. The first kappa shape index (κ1) is 20.7. The Balaban J connectivity index is 2.19. The molecule has 0 spiro atoms. The third kappa shape index (κ3) is 6.22. The number of anilines is 1. The average molecular weight is 406 g/mol. The summed E-state index contributed by atoms with van der Waals surface area (Å²) in [6.45, 7) is 5.68. The number of thiazole rings is 1. The Kier molecular flexibility index (Phi) is 8.02. The third-order valence-corrected chi connectivity index (χ3v) is 5.23. The number of rotatable bonds is 8. The summed E-state index contributed by atoms with van der Waals surface area (Å²) in [7, 11) is 0. The number of thioether (sulfide) groups is 1. The van der Waals surface area contributed by atoms with E-state index in [9.17, 15) is 14.4 Å². The molecule has 0 bridgehead atoms. The predicted octanol–water partition coefficient (Wildman–Crippen LogP) is 2.71. The number of aromatic nitrogens is 1. The van der Waals surface area contributed by atoms with Crippen LogP contribution in [0, 0.1) is 0 Å². The molecule has 27 heavy (non-hydrogen) atoms. The number of ether oxygens (including phenoxy) is 1. The lowest BCUT2D eigenvalue weighted by atomic mass is 10.2. The average Bonchev–Trinajstić information content (AvgIpc) is 3.08. The van der Waals surface area contributed by atoms with Crippen LogP contribution in [0.2, 0.25) is 0 Å². The maximum absolute atomic E-state index is 12.0. The van der Waals surface area contributed by atoms with Gasteiger partial charge in [-0.1, -0.05) is 59.5 Å². The van der Waals surface area contributed by atoms with Gasteiger partial charge in [0.25, 0.3) is 0 Å². The van der Waals surface area contributed by atoms with Gasteiger partial charge in [0.15, 0.2) is 4.34 Å². The Morgan fingerprint density at radius 1 is 1.30 bits per heavy atom. The molecule has 0 saturated carbocycles. The van der Waals surface area contributed by atoms with Crippen molar-refractivity contribution in [3.05, 3.63) is 43.0 Å². The molecule has 0 saturated heterocycles. The molecular weight excluding hydrogens is 386 g/mol. The molecule has 9 heteroatoms. The van der Waals surface area contributed by atoms with E-state index in [1.807, 2.05) is 30.3 Å². The highest BCUT2D eigenvalue weighted by Gasteiger charge is 2.21. The zero-order valence-corrected chi connectivity index (χ0v) is 16.3. The number of nitrogens with zero attached hydrogens (tertiary/aromatic N) is 1. The molecular formula is C18H19N3O4S2. The monoisotopic (exact) mass is 405 g/mol. The minimum atomic E-state index is -0.956. The number of carbonyl (C=O) groups is 3. The van der Waals surface area contributed by atoms with Crippen molar-refractivity contribution in [2.75, 3.05) is 24.2 Å². The molecule has 1 aromatic carbocycles. The van der Waals surface area contributed by atoms with Crippen molar-refractivity contribution in [1.29, 1.82) is 0 Å². The molecule has 142 valence electrons. The van der Waals surface area contributed by atoms with Crippen LogP contribution in [0.3, 0.4) is 0 Å². The van der Waals surface area contributed by atoms with E-state index < -0.39 is 11.9 Å². The molecule has 0 aliphatic carbocycles. The summed E-state index contributed by atoms with van der Waals surface area (Å²) in [6, 6.07) is 9.26. The van der Waals surface area contributed by atoms with Gasteiger partial charge in [0.2, 0.25) is 5.91 Å². The number of benzene rings is 1. The summed E-state index contributed by atoms with van der Waals surface area (Å²) in [6.07, 6.45) is 1.60. The topological polar surface area (TPSA) is 97.4 Å². The van der Waals surface area contributed by atoms with Gasteiger partial charge < -0.3 is 15.4 Å². The van der Waals surface area contributed by atoms with E-state index in [0.29, 0.717) is 21.6 Å². The number of hydrogen-bond donors (Lipinski definition) is 2. The molecule has 1 heterocycles. The minimum absolute atomic E-state index is 0.113. The molecule has 0 unspecified atom stereocenters.